The molecule has 0 aromatic carbocycles. The van der Waals surface area contributed by atoms with Gasteiger partial charge in [0.25, 0.3) is 0 Å². The van der Waals surface area contributed by atoms with Crippen LogP contribution in [0.2, 0.25) is 0 Å². The molecular weight excluding hydrogens is 222 g/mol. The summed E-state index contributed by atoms with van der Waals surface area (Å²) >= 11 is 0. The third-order valence-electron chi connectivity index (χ3n) is 4.24. The van der Waals surface area contributed by atoms with Crippen molar-refractivity contribution in [3.8, 4) is 0 Å². The molecule has 0 aliphatic heterocycles. The van der Waals surface area contributed by atoms with Crippen molar-refractivity contribution in [2.24, 2.45) is 0 Å². The summed E-state index contributed by atoms with van der Waals surface area (Å²) in [4.78, 5) is 4.74. The Balaban J connectivity index is 1.50. The number of hydrogen-bond donors (Lipinski definition) is 1. The van der Waals surface area contributed by atoms with Crippen molar-refractivity contribution in [3.05, 3.63) is 17.2 Å². The van der Waals surface area contributed by atoms with Crippen LogP contribution in [0.5, 0.6) is 0 Å². The van der Waals surface area contributed by atoms with E-state index in [1.165, 1.54) is 81.7 Å². The second kappa shape index (κ2) is 5.43. The highest BCUT2D eigenvalue weighted by Crippen LogP contribution is 2.22. The fourth-order valence-corrected chi connectivity index (χ4v) is 3.02. The second-order valence-corrected chi connectivity index (χ2v) is 5.85. The molecule has 18 heavy (non-hydrogen) atoms. The van der Waals surface area contributed by atoms with Gasteiger partial charge in [0.15, 0.2) is 0 Å². The van der Waals surface area contributed by atoms with E-state index in [0.717, 1.165) is 6.04 Å². The SMILES string of the molecule is Cc1nc2c(n1CCCCNC1CC1)CCCC2. The van der Waals surface area contributed by atoms with Crippen LogP contribution in [0.15, 0.2) is 0 Å². The number of nitrogens with one attached hydrogen (secondary N) is 1. The van der Waals surface area contributed by atoms with E-state index in [-0.39, 0.29) is 0 Å². The lowest BCUT2D eigenvalue weighted by Crippen LogP contribution is -2.18. The zero-order chi connectivity index (χ0) is 12.4. The van der Waals surface area contributed by atoms with Crippen LogP contribution in [0.4, 0.5) is 0 Å². The minimum Gasteiger partial charge on any atom is -0.332 e. The predicted molar refractivity (Wildman–Crippen MR) is 73.9 cm³/mol. The molecule has 1 heterocycles. The maximum atomic E-state index is 4.74. The van der Waals surface area contributed by atoms with E-state index in [1.54, 1.807) is 0 Å². The van der Waals surface area contributed by atoms with Gasteiger partial charge in [0, 0.05) is 18.3 Å². The average Bonchev–Trinajstić information content (AvgIpc) is 3.13. The number of nitrogens with zero attached hydrogens (tertiary/aromatic N) is 2. The normalized spacial score (nSPS) is 18.9. The average molecular weight is 247 g/mol. The molecule has 0 atom stereocenters. The highest BCUT2D eigenvalue weighted by Gasteiger charge is 2.20. The lowest BCUT2D eigenvalue weighted by molar-refractivity contribution is 0.537. The highest BCUT2D eigenvalue weighted by atomic mass is 15.1. The highest BCUT2D eigenvalue weighted by molar-refractivity contribution is 5.19. The van der Waals surface area contributed by atoms with Gasteiger partial charge in [-0.15, -0.1) is 0 Å². The summed E-state index contributed by atoms with van der Waals surface area (Å²) in [6.45, 7) is 4.53. The zero-order valence-electron chi connectivity index (χ0n) is 11.5. The molecule has 1 aromatic rings. The Bertz CT molecular complexity index is 404. The van der Waals surface area contributed by atoms with Crippen molar-refractivity contribution < 1.29 is 0 Å². The molecule has 1 fully saturated rings. The first-order valence-electron chi connectivity index (χ1n) is 7.63. The van der Waals surface area contributed by atoms with Crippen LogP contribution in [-0.4, -0.2) is 22.1 Å². The molecule has 0 unspecified atom stereocenters. The molecule has 1 aromatic heterocycles. The second-order valence-electron chi connectivity index (χ2n) is 5.85. The van der Waals surface area contributed by atoms with Gasteiger partial charge in [-0.05, 0) is 64.8 Å². The molecule has 3 nitrogen and oxygen atoms in total. The lowest BCUT2D eigenvalue weighted by Gasteiger charge is -2.14. The van der Waals surface area contributed by atoms with Crippen LogP contribution in [0.3, 0.4) is 0 Å². The van der Waals surface area contributed by atoms with Crippen molar-refractivity contribution in [2.45, 2.75) is 70.9 Å². The number of imidazole rings is 1. The number of fused-ring (bicyclic) bond motifs is 1. The van der Waals surface area contributed by atoms with Gasteiger partial charge >= 0.3 is 0 Å². The van der Waals surface area contributed by atoms with Crippen LogP contribution >= 0.6 is 0 Å². The molecule has 3 rings (SSSR count). The van der Waals surface area contributed by atoms with Gasteiger partial charge in [0.05, 0.1) is 5.69 Å². The molecule has 0 bridgehead atoms. The zero-order valence-corrected chi connectivity index (χ0v) is 11.5. The summed E-state index contributed by atoms with van der Waals surface area (Å²) in [6.07, 6.45) is 10.5. The standard InChI is InChI=1S/C15H25N3/c1-12-17-14-6-2-3-7-15(14)18(12)11-5-4-10-16-13-8-9-13/h13,16H,2-11H2,1H3. The summed E-state index contributed by atoms with van der Waals surface area (Å²) in [5.74, 6) is 1.23. The quantitative estimate of drug-likeness (QED) is 0.783. The number of hydrogen-bond acceptors (Lipinski definition) is 2. The summed E-state index contributed by atoms with van der Waals surface area (Å²) in [6, 6.07) is 0.854. The van der Waals surface area contributed by atoms with Gasteiger partial charge < -0.3 is 9.88 Å². The van der Waals surface area contributed by atoms with Gasteiger partial charge in [-0.2, -0.15) is 0 Å². The fraction of sp³-hybridized carbons (Fsp3) is 0.800. The van der Waals surface area contributed by atoms with Crippen LogP contribution in [0.25, 0.3) is 0 Å². The fourth-order valence-electron chi connectivity index (χ4n) is 3.02. The molecule has 1 saturated carbocycles. The maximum Gasteiger partial charge on any atom is 0.106 e. The Morgan fingerprint density at radius 1 is 1.22 bits per heavy atom. The van der Waals surface area contributed by atoms with E-state index < -0.39 is 0 Å². The summed E-state index contributed by atoms with van der Waals surface area (Å²) < 4.78 is 2.48. The first kappa shape index (κ1) is 12.2. The number of aryl methyl sites for hydroxylation is 2. The van der Waals surface area contributed by atoms with Crippen molar-refractivity contribution in [1.29, 1.82) is 0 Å². The molecule has 2 aliphatic carbocycles. The van der Waals surface area contributed by atoms with Crippen molar-refractivity contribution in [3.63, 3.8) is 0 Å². The molecule has 0 spiro atoms. The summed E-state index contributed by atoms with van der Waals surface area (Å²) in [5, 5.41) is 3.59. The number of aromatic nitrogens is 2. The molecule has 0 amide bonds. The van der Waals surface area contributed by atoms with Crippen LogP contribution < -0.4 is 5.32 Å². The molecule has 0 saturated heterocycles. The summed E-state index contributed by atoms with van der Waals surface area (Å²) in [7, 11) is 0. The van der Waals surface area contributed by atoms with Gasteiger partial charge in [0.2, 0.25) is 0 Å². The van der Waals surface area contributed by atoms with Crippen molar-refractivity contribution >= 4 is 0 Å². The number of rotatable bonds is 6. The maximum absolute atomic E-state index is 4.74. The molecular formula is C15H25N3. The van der Waals surface area contributed by atoms with E-state index >= 15 is 0 Å². The predicted octanol–water partition coefficient (Wildman–Crippen LogP) is 2.60. The molecule has 100 valence electrons. The van der Waals surface area contributed by atoms with Crippen molar-refractivity contribution in [2.75, 3.05) is 6.54 Å². The molecule has 0 radical (unpaired) electrons. The Hall–Kier alpha value is -0.830. The Labute approximate surface area is 110 Å². The van der Waals surface area contributed by atoms with Gasteiger partial charge in [0.1, 0.15) is 5.82 Å². The molecule has 3 heteroatoms. The Morgan fingerprint density at radius 2 is 2.06 bits per heavy atom. The third kappa shape index (κ3) is 2.77. The van der Waals surface area contributed by atoms with Crippen LogP contribution in [0.1, 0.15) is 55.7 Å². The molecule has 2 aliphatic rings. The smallest absolute Gasteiger partial charge is 0.106 e. The minimum absolute atomic E-state index is 0.854. The first-order chi connectivity index (χ1) is 8.84. The Morgan fingerprint density at radius 3 is 2.89 bits per heavy atom. The van der Waals surface area contributed by atoms with Crippen molar-refractivity contribution in [1.82, 2.24) is 14.9 Å². The van der Waals surface area contributed by atoms with Crippen LogP contribution in [-0.2, 0) is 19.4 Å². The lowest BCUT2D eigenvalue weighted by atomic mass is 10.0. The van der Waals surface area contributed by atoms with Gasteiger partial charge in [-0.25, -0.2) is 4.98 Å². The van der Waals surface area contributed by atoms with Gasteiger partial charge in [-0.3, -0.25) is 0 Å². The van der Waals surface area contributed by atoms with E-state index in [9.17, 15) is 0 Å². The van der Waals surface area contributed by atoms with E-state index in [0.29, 0.717) is 0 Å². The number of unbranched alkanes of at least 4 members (excludes halogenated alkanes) is 1. The largest absolute Gasteiger partial charge is 0.332 e. The summed E-state index contributed by atoms with van der Waals surface area (Å²) in [5.41, 5.74) is 2.92. The molecule has 1 N–H and O–H groups in total. The Kier molecular flexibility index (Phi) is 3.69. The van der Waals surface area contributed by atoms with E-state index in [2.05, 4.69) is 16.8 Å². The first-order valence-corrected chi connectivity index (χ1v) is 7.63. The van der Waals surface area contributed by atoms with E-state index in [4.69, 9.17) is 4.98 Å². The third-order valence-corrected chi connectivity index (χ3v) is 4.24. The van der Waals surface area contributed by atoms with E-state index in [1.807, 2.05) is 0 Å². The minimum atomic E-state index is 0.854. The van der Waals surface area contributed by atoms with Gasteiger partial charge in [-0.1, -0.05) is 0 Å². The topological polar surface area (TPSA) is 29.9 Å². The monoisotopic (exact) mass is 247 g/mol. The van der Waals surface area contributed by atoms with Crippen LogP contribution in [0, 0.1) is 6.92 Å².